The third-order valence-electron chi connectivity index (χ3n) is 4.17. The van der Waals surface area contributed by atoms with Crippen molar-refractivity contribution < 1.29 is 35.5 Å². The molecule has 24 heavy (non-hydrogen) atoms. The molecule has 1 fully saturated rings. The molecule has 0 aromatic heterocycles. The first-order chi connectivity index (χ1) is 12.8. The fraction of sp³-hybridized carbons (Fsp3) is 0.778. The average Bonchev–Trinajstić information content (AvgIpc) is 2.83. The van der Waals surface area contributed by atoms with Gasteiger partial charge in [-0.05, 0) is 6.42 Å². The van der Waals surface area contributed by atoms with E-state index in [1.165, 1.54) is 19.1 Å². The summed E-state index contributed by atoms with van der Waals surface area (Å²) in [7, 11) is 0. The molecule has 5 atom stereocenters. The monoisotopic (exact) mass is 346 g/mol. The standard InChI is InChI=1S/C18H30O6/c1-2-3-4-5-12(19)6-8-14-15(17(22)11-16(14)21)10-13(20)7-9-18(23)24/h6,8,12,14-17,19,21-22H,2-5,7,9-11H2,1H3,(H,23,24)/b8-6+/t12-,14+,15+,16+,17-/m0/s1/i3D2,4D2. The number of aliphatic hydroxyl groups excluding tert-OH is 3. The predicted molar refractivity (Wildman–Crippen MR) is 89.4 cm³/mol. The minimum Gasteiger partial charge on any atom is -0.481 e. The van der Waals surface area contributed by atoms with Gasteiger partial charge in [-0.3, -0.25) is 9.59 Å². The van der Waals surface area contributed by atoms with E-state index in [0.29, 0.717) is 0 Å². The summed E-state index contributed by atoms with van der Waals surface area (Å²) < 4.78 is 31.1. The van der Waals surface area contributed by atoms with Crippen LogP contribution in [0, 0.1) is 11.8 Å². The van der Waals surface area contributed by atoms with Crippen LogP contribution < -0.4 is 0 Å². The van der Waals surface area contributed by atoms with Crippen molar-refractivity contribution in [1.82, 2.24) is 0 Å². The van der Waals surface area contributed by atoms with Crippen LogP contribution in [-0.2, 0) is 9.59 Å². The molecule has 4 N–H and O–H groups in total. The highest BCUT2D eigenvalue weighted by Crippen LogP contribution is 2.36. The number of aliphatic hydroxyl groups is 3. The fourth-order valence-electron chi connectivity index (χ4n) is 2.90. The molecule has 0 radical (unpaired) electrons. The van der Waals surface area contributed by atoms with Crippen molar-refractivity contribution >= 4 is 11.8 Å². The maximum Gasteiger partial charge on any atom is 0.303 e. The summed E-state index contributed by atoms with van der Waals surface area (Å²) in [5.74, 6) is -2.71. The van der Waals surface area contributed by atoms with E-state index in [1.54, 1.807) is 0 Å². The number of aliphatic carboxylic acids is 1. The Labute approximate surface area is 148 Å². The van der Waals surface area contributed by atoms with Crippen LogP contribution in [0.3, 0.4) is 0 Å². The highest BCUT2D eigenvalue weighted by atomic mass is 16.4. The number of carbonyl (C=O) groups excluding carboxylic acids is 1. The molecule has 0 aromatic carbocycles. The normalized spacial score (nSPS) is 32.0. The highest BCUT2D eigenvalue weighted by Gasteiger charge is 2.41. The summed E-state index contributed by atoms with van der Waals surface area (Å²) in [5, 5.41) is 39.0. The van der Waals surface area contributed by atoms with Gasteiger partial charge in [0, 0.05) is 36.6 Å². The van der Waals surface area contributed by atoms with Crippen LogP contribution >= 0.6 is 0 Å². The molecule has 0 heterocycles. The zero-order valence-electron chi connectivity index (χ0n) is 17.9. The van der Waals surface area contributed by atoms with Gasteiger partial charge in [-0.2, -0.15) is 0 Å². The summed E-state index contributed by atoms with van der Waals surface area (Å²) in [4.78, 5) is 22.5. The van der Waals surface area contributed by atoms with Gasteiger partial charge in [0.05, 0.1) is 24.7 Å². The van der Waals surface area contributed by atoms with Gasteiger partial charge in [0.15, 0.2) is 0 Å². The largest absolute Gasteiger partial charge is 0.481 e. The Balaban J connectivity index is 2.77. The second kappa shape index (κ2) is 10.6. The van der Waals surface area contributed by atoms with Gasteiger partial charge in [-0.1, -0.05) is 38.2 Å². The van der Waals surface area contributed by atoms with E-state index < -0.39 is 55.3 Å². The third kappa shape index (κ3) is 7.11. The first-order valence-corrected chi connectivity index (χ1v) is 8.26. The molecule has 0 spiro atoms. The van der Waals surface area contributed by atoms with E-state index in [4.69, 9.17) is 10.6 Å². The van der Waals surface area contributed by atoms with Crippen molar-refractivity contribution in [2.45, 2.75) is 76.5 Å². The minimum atomic E-state index is -2.26. The fourth-order valence-corrected chi connectivity index (χ4v) is 2.90. The number of carboxylic acids is 1. The first-order valence-electron chi connectivity index (χ1n) is 10.3. The average molecular weight is 346 g/mol. The van der Waals surface area contributed by atoms with Crippen molar-refractivity contribution in [2.24, 2.45) is 11.8 Å². The van der Waals surface area contributed by atoms with Crippen LogP contribution in [0.1, 0.15) is 63.7 Å². The number of hydrogen-bond acceptors (Lipinski definition) is 5. The number of hydrogen-bond donors (Lipinski definition) is 4. The molecule has 0 aliphatic heterocycles. The maximum atomic E-state index is 11.9. The van der Waals surface area contributed by atoms with Crippen LogP contribution in [0.25, 0.3) is 0 Å². The molecular formula is C18H30O6. The molecule has 6 heteroatoms. The zero-order chi connectivity index (χ0) is 21.7. The van der Waals surface area contributed by atoms with Crippen molar-refractivity contribution in [1.29, 1.82) is 0 Å². The number of ketones is 1. The van der Waals surface area contributed by atoms with Crippen LogP contribution in [0.2, 0.25) is 0 Å². The Kier molecular flexibility index (Phi) is 6.64. The second-order valence-corrected chi connectivity index (χ2v) is 6.11. The van der Waals surface area contributed by atoms with Crippen LogP contribution in [0.5, 0.6) is 0 Å². The van der Waals surface area contributed by atoms with Crippen molar-refractivity contribution in [2.75, 3.05) is 0 Å². The highest BCUT2D eigenvalue weighted by molar-refractivity contribution is 5.82. The number of rotatable bonds is 11. The summed E-state index contributed by atoms with van der Waals surface area (Å²) in [6.45, 7) is 1.52. The Morgan fingerprint density at radius 3 is 2.58 bits per heavy atom. The van der Waals surface area contributed by atoms with Crippen LogP contribution in [-0.4, -0.2) is 50.5 Å². The van der Waals surface area contributed by atoms with Gasteiger partial charge in [0.1, 0.15) is 5.78 Å². The third-order valence-corrected chi connectivity index (χ3v) is 4.17. The van der Waals surface area contributed by atoms with Crippen LogP contribution in [0.4, 0.5) is 0 Å². The Morgan fingerprint density at radius 1 is 1.25 bits per heavy atom. The Hall–Kier alpha value is -1.24. The topological polar surface area (TPSA) is 115 Å². The number of carbonyl (C=O) groups is 2. The van der Waals surface area contributed by atoms with E-state index in [9.17, 15) is 24.9 Å². The van der Waals surface area contributed by atoms with Gasteiger partial charge in [0.2, 0.25) is 0 Å². The molecule has 0 unspecified atom stereocenters. The Morgan fingerprint density at radius 2 is 1.96 bits per heavy atom. The van der Waals surface area contributed by atoms with E-state index in [2.05, 4.69) is 0 Å². The van der Waals surface area contributed by atoms with Gasteiger partial charge in [-0.15, -0.1) is 0 Å². The molecule has 0 bridgehead atoms. The lowest BCUT2D eigenvalue weighted by molar-refractivity contribution is -0.138. The molecule has 1 aliphatic carbocycles. The molecule has 1 rings (SSSR count). The molecule has 6 nitrogen and oxygen atoms in total. The smallest absolute Gasteiger partial charge is 0.303 e. The number of Topliss-reactive ketones (excluding diaryl/α,β-unsaturated/α-hetero) is 1. The Bertz CT molecular complexity index is 580. The van der Waals surface area contributed by atoms with Gasteiger partial charge in [-0.25, -0.2) is 0 Å². The second-order valence-electron chi connectivity index (χ2n) is 6.11. The molecule has 0 aromatic rings. The lowest BCUT2D eigenvalue weighted by atomic mass is 9.87. The molecular weight excluding hydrogens is 312 g/mol. The van der Waals surface area contributed by atoms with Crippen molar-refractivity contribution in [3.63, 3.8) is 0 Å². The zero-order valence-corrected chi connectivity index (χ0v) is 13.9. The lowest BCUT2D eigenvalue weighted by Crippen LogP contribution is -2.24. The van der Waals surface area contributed by atoms with Crippen molar-refractivity contribution in [3.8, 4) is 0 Å². The molecule has 138 valence electrons. The molecule has 1 aliphatic rings. The van der Waals surface area contributed by atoms with Gasteiger partial charge < -0.3 is 20.4 Å². The quantitative estimate of drug-likeness (QED) is 0.423. The van der Waals surface area contributed by atoms with Crippen molar-refractivity contribution in [3.05, 3.63) is 12.2 Å². The van der Waals surface area contributed by atoms with Gasteiger partial charge >= 0.3 is 5.97 Å². The maximum absolute atomic E-state index is 11.9. The SMILES string of the molecule is [2H]C([2H])(CC)C([2H])([2H])C[C@H](O)/C=C/[C@@H]1[C@@H](CC(=O)CCC(=O)O)[C@@H](O)C[C@H]1O. The minimum absolute atomic E-state index is 0.0428. The number of carboxylic acid groups (broad SMARTS) is 1. The molecule has 1 saturated carbocycles. The lowest BCUT2D eigenvalue weighted by Gasteiger charge is -2.20. The van der Waals surface area contributed by atoms with E-state index in [1.807, 2.05) is 0 Å². The van der Waals surface area contributed by atoms with E-state index >= 15 is 0 Å². The summed E-state index contributed by atoms with van der Waals surface area (Å²) in [6.07, 6.45) is -5.94. The summed E-state index contributed by atoms with van der Waals surface area (Å²) >= 11 is 0. The molecule has 0 saturated heterocycles. The van der Waals surface area contributed by atoms with E-state index in [0.717, 1.165) is 0 Å². The van der Waals surface area contributed by atoms with Crippen LogP contribution in [0.15, 0.2) is 12.2 Å². The predicted octanol–water partition coefficient (Wildman–Crippen LogP) is 1.67. The first kappa shape index (κ1) is 15.0. The van der Waals surface area contributed by atoms with E-state index in [-0.39, 0.29) is 37.9 Å². The van der Waals surface area contributed by atoms with Gasteiger partial charge in [0.25, 0.3) is 0 Å². The summed E-state index contributed by atoms with van der Waals surface area (Å²) in [6, 6.07) is 0. The molecule has 0 amide bonds. The summed E-state index contributed by atoms with van der Waals surface area (Å²) in [5.41, 5.74) is 0.